The number of nitrogens with one attached hydrogen (secondary N) is 1. The van der Waals surface area contributed by atoms with Gasteiger partial charge in [0.25, 0.3) is 5.91 Å². The summed E-state index contributed by atoms with van der Waals surface area (Å²) in [6.45, 7) is 1.03. The standard InChI is InChI=1S/C18H18N2O8S/c1-9(21)27-17(25)15-18(29-13-7-12(22)20(13)15)28-11-5-3-10(4-6-11)16(24)19-8-14(23)26-2/h3-6,9,13,21H,7-8H2,1-2H3,(H,19,24)/t9-,13-/m1/s1. The average Bonchev–Trinajstić information content (AvgIpc) is 2.97. The van der Waals surface area contributed by atoms with E-state index < -0.39 is 24.1 Å². The number of aliphatic hydroxyl groups excluding tert-OH is 1. The molecule has 0 aliphatic carbocycles. The molecule has 2 amide bonds. The van der Waals surface area contributed by atoms with Crippen LogP contribution in [-0.4, -0.2) is 59.1 Å². The van der Waals surface area contributed by atoms with Gasteiger partial charge in [-0.3, -0.25) is 19.3 Å². The molecule has 2 aliphatic heterocycles. The third-order valence-electron chi connectivity index (χ3n) is 4.00. The minimum absolute atomic E-state index is 0.0583. The van der Waals surface area contributed by atoms with Crippen LogP contribution in [0.5, 0.6) is 5.75 Å². The molecule has 2 N–H and O–H groups in total. The van der Waals surface area contributed by atoms with E-state index in [1.54, 1.807) is 0 Å². The second-order valence-corrected chi connectivity index (χ2v) is 7.22. The minimum Gasteiger partial charge on any atom is -0.468 e. The smallest absolute Gasteiger partial charge is 0.361 e. The minimum atomic E-state index is -1.33. The van der Waals surface area contributed by atoms with Crippen molar-refractivity contribution in [1.29, 1.82) is 0 Å². The summed E-state index contributed by atoms with van der Waals surface area (Å²) in [7, 11) is 1.22. The lowest BCUT2D eigenvalue weighted by molar-refractivity contribution is -0.165. The van der Waals surface area contributed by atoms with Crippen molar-refractivity contribution in [3.05, 3.63) is 40.6 Å². The first-order valence-corrected chi connectivity index (χ1v) is 9.43. The first kappa shape index (κ1) is 20.7. The zero-order chi connectivity index (χ0) is 21.1. The van der Waals surface area contributed by atoms with Gasteiger partial charge in [-0.15, -0.1) is 0 Å². The number of carbonyl (C=O) groups is 4. The summed E-state index contributed by atoms with van der Waals surface area (Å²) >= 11 is 1.20. The van der Waals surface area contributed by atoms with Crippen molar-refractivity contribution in [2.45, 2.75) is 25.0 Å². The number of β-lactam (4-membered cyclic amide) rings is 1. The summed E-state index contributed by atoms with van der Waals surface area (Å²) < 4.78 is 15.0. The molecule has 2 aliphatic rings. The van der Waals surface area contributed by atoms with Gasteiger partial charge in [0.2, 0.25) is 5.91 Å². The molecule has 0 radical (unpaired) electrons. The molecule has 1 fully saturated rings. The zero-order valence-corrected chi connectivity index (χ0v) is 16.4. The lowest BCUT2D eigenvalue weighted by Gasteiger charge is -2.33. The highest BCUT2D eigenvalue weighted by Crippen LogP contribution is 2.46. The van der Waals surface area contributed by atoms with Crippen LogP contribution in [0.4, 0.5) is 0 Å². The van der Waals surface area contributed by atoms with E-state index in [0.29, 0.717) is 11.3 Å². The highest BCUT2D eigenvalue weighted by atomic mass is 32.2. The Morgan fingerprint density at radius 1 is 1.31 bits per heavy atom. The van der Waals surface area contributed by atoms with Crippen molar-refractivity contribution in [2.75, 3.05) is 13.7 Å². The zero-order valence-electron chi connectivity index (χ0n) is 15.5. The fraction of sp³-hybridized carbons (Fsp3) is 0.333. The average molecular weight is 422 g/mol. The predicted molar refractivity (Wildman–Crippen MR) is 99.1 cm³/mol. The first-order valence-electron chi connectivity index (χ1n) is 8.55. The van der Waals surface area contributed by atoms with Crippen molar-refractivity contribution in [1.82, 2.24) is 10.2 Å². The number of fused-ring (bicyclic) bond motifs is 1. The van der Waals surface area contributed by atoms with Gasteiger partial charge in [-0.1, -0.05) is 11.8 Å². The fourth-order valence-electron chi connectivity index (χ4n) is 2.60. The van der Waals surface area contributed by atoms with Crippen molar-refractivity contribution < 1.29 is 38.5 Å². The molecule has 0 spiro atoms. The summed E-state index contributed by atoms with van der Waals surface area (Å²) in [4.78, 5) is 48.5. The van der Waals surface area contributed by atoms with Gasteiger partial charge in [-0.25, -0.2) is 4.79 Å². The number of rotatable bonds is 7. The fourth-order valence-corrected chi connectivity index (χ4v) is 3.84. The number of hydrogen-bond acceptors (Lipinski definition) is 9. The second-order valence-electron chi connectivity index (χ2n) is 6.07. The van der Waals surface area contributed by atoms with Crippen molar-refractivity contribution >= 4 is 35.5 Å². The Hall–Kier alpha value is -3.05. The molecular weight excluding hydrogens is 404 g/mol. The van der Waals surface area contributed by atoms with Crippen LogP contribution < -0.4 is 10.1 Å². The molecule has 2 heterocycles. The van der Waals surface area contributed by atoms with E-state index in [2.05, 4.69) is 10.1 Å². The van der Waals surface area contributed by atoms with E-state index >= 15 is 0 Å². The molecule has 3 rings (SSSR count). The SMILES string of the molecule is COC(=O)CNC(=O)c1ccc(OC2=C(C(=O)O[C@H](C)O)N3C(=O)C[C@H]3S2)cc1. The molecule has 1 aromatic rings. The first-order chi connectivity index (χ1) is 13.8. The van der Waals surface area contributed by atoms with E-state index in [9.17, 15) is 24.3 Å². The number of thioether (sulfide) groups is 1. The van der Waals surface area contributed by atoms with Crippen LogP contribution in [-0.2, 0) is 23.9 Å². The molecule has 2 atom stereocenters. The summed E-state index contributed by atoms with van der Waals surface area (Å²) in [5.74, 6) is -1.81. The van der Waals surface area contributed by atoms with E-state index in [4.69, 9.17) is 9.47 Å². The van der Waals surface area contributed by atoms with Crippen molar-refractivity contribution in [2.24, 2.45) is 0 Å². The molecule has 11 heteroatoms. The number of aliphatic hydroxyl groups is 1. The third-order valence-corrected chi connectivity index (χ3v) is 5.14. The molecule has 10 nitrogen and oxygen atoms in total. The van der Waals surface area contributed by atoms with Gasteiger partial charge in [-0.05, 0) is 31.2 Å². The maximum absolute atomic E-state index is 12.3. The van der Waals surface area contributed by atoms with Crippen LogP contribution in [0.2, 0.25) is 0 Å². The molecular formula is C18H18N2O8S. The highest BCUT2D eigenvalue weighted by Gasteiger charge is 2.50. The summed E-state index contributed by atoms with van der Waals surface area (Å²) in [5, 5.41) is 11.6. The number of carbonyl (C=O) groups excluding carboxylic acids is 4. The predicted octanol–water partition coefficient (Wildman–Crippen LogP) is 0.324. The lowest BCUT2D eigenvalue weighted by atomic mass is 10.2. The van der Waals surface area contributed by atoms with Crippen molar-refractivity contribution in [3.8, 4) is 5.75 Å². The van der Waals surface area contributed by atoms with Gasteiger partial charge in [0.15, 0.2) is 17.1 Å². The van der Waals surface area contributed by atoms with Gasteiger partial charge >= 0.3 is 11.9 Å². The molecule has 29 heavy (non-hydrogen) atoms. The summed E-state index contributed by atoms with van der Waals surface area (Å²) in [5.41, 5.74) is 0.235. The van der Waals surface area contributed by atoms with Gasteiger partial charge in [0.05, 0.1) is 18.9 Å². The van der Waals surface area contributed by atoms with Gasteiger partial charge in [0, 0.05) is 5.56 Å². The van der Waals surface area contributed by atoms with Crippen LogP contribution in [0, 0.1) is 0 Å². The van der Waals surface area contributed by atoms with Crippen LogP contribution >= 0.6 is 11.8 Å². The Kier molecular flexibility index (Phi) is 6.09. The molecule has 0 bridgehead atoms. The number of amides is 2. The lowest BCUT2D eigenvalue weighted by Crippen LogP contribution is -2.48. The quantitative estimate of drug-likeness (QED) is 0.362. The largest absolute Gasteiger partial charge is 0.468 e. The van der Waals surface area contributed by atoms with E-state index in [0.717, 1.165) is 0 Å². The van der Waals surface area contributed by atoms with E-state index in [1.165, 1.54) is 55.0 Å². The highest BCUT2D eigenvalue weighted by molar-refractivity contribution is 8.03. The van der Waals surface area contributed by atoms with Gasteiger partial charge < -0.3 is 24.6 Å². The third kappa shape index (κ3) is 4.51. The van der Waals surface area contributed by atoms with Crippen LogP contribution in [0.15, 0.2) is 35.1 Å². The Balaban J connectivity index is 1.72. The Bertz CT molecular complexity index is 880. The molecule has 154 valence electrons. The number of benzene rings is 1. The maximum atomic E-state index is 12.3. The number of methoxy groups -OCH3 is 1. The van der Waals surface area contributed by atoms with Crippen LogP contribution in [0.1, 0.15) is 23.7 Å². The van der Waals surface area contributed by atoms with Gasteiger partial charge in [0.1, 0.15) is 12.3 Å². The van der Waals surface area contributed by atoms with E-state index in [-0.39, 0.29) is 35.0 Å². The van der Waals surface area contributed by atoms with Crippen LogP contribution in [0.25, 0.3) is 0 Å². The summed E-state index contributed by atoms with van der Waals surface area (Å²) in [6, 6.07) is 5.98. The number of nitrogens with zero attached hydrogens (tertiary/aromatic N) is 1. The molecule has 1 aromatic carbocycles. The van der Waals surface area contributed by atoms with Gasteiger partial charge in [-0.2, -0.15) is 0 Å². The summed E-state index contributed by atoms with van der Waals surface area (Å²) in [6.07, 6.45) is -1.07. The molecule has 0 unspecified atom stereocenters. The Morgan fingerprint density at radius 2 is 2.00 bits per heavy atom. The molecule has 0 saturated carbocycles. The Morgan fingerprint density at radius 3 is 2.59 bits per heavy atom. The maximum Gasteiger partial charge on any atom is 0.361 e. The number of esters is 2. The number of ether oxygens (including phenoxy) is 3. The van der Waals surface area contributed by atoms with Crippen LogP contribution in [0.3, 0.4) is 0 Å². The monoisotopic (exact) mass is 422 g/mol. The molecule has 0 aromatic heterocycles. The topological polar surface area (TPSA) is 131 Å². The molecule has 1 saturated heterocycles. The van der Waals surface area contributed by atoms with E-state index in [1.807, 2.05) is 0 Å². The number of hydrogen-bond donors (Lipinski definition) is 2. The Labute approximate surface area is 169 Å². The normalized spacial score (nSPS) is 18.5. The van der Waals surface area contributed by atoms with Crippen molar-refractivity contribution in [3.63, 3.8) is 0 Å². The second kappa shape index (κ2) is 8.53.